The summed E-state index contributed by atoms with van der Waals surface area (Å²) in [5.74, 6) is 0.975. The predicted molar refractivity (Wildman–Crippen MR) is 93.5 cm³/mol. The molecule has 3 heteroatoms. The number of carbonyl (C=O) groups is 1. The lowest BCUT2D eigenvalue weighted by atomic mass is 10.00. The summed E-state index contributed by atoms with van der Waals surface area (Å²) in [5, 5.41) is 5.81. The van der Waals surface area contributed by atoms with E-state index in [2.05, 4.69) is 52.7 Å². The number of nitrogens with one attached hydrogen (secondary N) is 1. The van der Waals surface area contributed by atoms with Crippen LogP contribution in [0.2, 0.25) is 0 Å². The Balaban J connectivity index is 1.54. The van der Waals surface area contributed by atoms with Gasteiger partial charge in [-0.3, -0.25) is 4.79 Å². The summed E-state index contributed by atoms with van der Waals surface area (Å²) in [7, 11) is 1.97. The number of rotatable bonds is 4. The van der Waals surface area contributed by atoms with E-state index in [9.17, 15) is 4.79 Å². The quantitative estimate of drug-likeness (QED) is 0.941. The maximum Gasteiger partial charge on any atom is 0.226 e. The van der Waals surface area contributed by atoms with Crippen LogP contribution in [0.15, 0.2) is 42.5 Å². The number of hydrogen-bond donors (Lipinski definition) is 1. The molecule has 2 aromatic rings. The van der Waals surface area contributed by atoms with Gasteiger partial charge < -0.3 is 10.2 Å². The van der Waals surface area contributed by atoms with Gasteiger partial charge in [0.2, 0.25) is 5.91 Å². The first-order valence-corrected chi connectivity index (χ1v) is 8.72. The van der Waals surface area contributed by atoms with E-state index >= 15 is 0 Å². The summed E-state index contributed by atoms with van der Waals surface area (Å²) < 4.78 is 0. The third-order valence-electron chi connectivity index (χ3n) is 5.43. The first-order valence-electron chi connectivity index (χ1n) is 8.72. The monoisotopic (exact) mass is 308 g/mol. The zero-order chi connectivity index (χ0) is 15.8. The van der Waals surface area contributed by atoms with Gasteiger partial charge in [0.05, 0.1) is 0 Å². The average Bonchev–Trinajstić information content (AvgIpc) is 3.25. The maximum atomic E-state index is 12.9. The Bertz CT molecular complexity index is 721. The van der Waals surface area contributed by atoms with Crippen molar-refractivity contribution >= 4 is 16.7 Å². The van der Waals surface area contributed by atoms with E-state index in [0.717, 1.165) is 32.4 Å². The summed E-state index contributed by atoms with van der Waals surface area (Å²) >= 11 is 0. The summed E-state index contributed by atoms with van der Waals surface area (Å²) in [4.78, 5) is 15.0. The zero-order valence-electron chi connectivity index (χ0n) is 13.7. The number of carbonyl (C=O) groups excluding carboxylic acids is 1. The topological polar surface area (TPSA) is 32.3 Å². The van der Waals surface area contributed by atoms with E-state index in [1.165, 1.54) is 16.3 Å². The fourth-order valence-electron chi connectivity index (χ4n) is 4.17. The molecule has 3 atom stereocenters. The van der Waals surface area contributed by atoms with E-state index in [1.807, 2.05) is 7.05 Å². The Morgan fingerprint density at radius 1 is 1.22 bits per heavy atom. The molecule has 120 valence electrons. The molecular formula is C20H24N2O. The molecule has 1 saturated heterocycles. The van der Waals surface area contributed by atoms with Crippen LogP contribution in [0, 0.1) is 5.92 Å². The van der Waals surface area contributed by atoms with Crippen LogP contribution in [-0.4, -0.2) is 37.0 Å². The molecule has 0 bridgehead atoms. The standard InChI is InChI=1S/C20H24N2O/c1-21-13-15-8-5-11-22(15)20(23)19-12-18(19)17-10-4-7-14-6-2-3-9-16(14)17/h2-4,6-7,9-10,15,18-19,21H,5,8,11-13H2,1H3. The van der Waals surface area contributed by atoms with Crippen LogP contribution >= 0.6 is 0 Å². The number of fused-ring (bicyclic) bond motifs is 1. The van der Waals surface area contributed by atoms with Gasteiger partial charge in [-0.25, -0.2) is 0 Å². The second-order valence-electron chi connectivity index (χ2n) is 6.90. The number of likely N-dealkylation sites (N-methyl/N-ethyl adjacent to an activating group) is 1. The van der Waals surface area contributed by atoms with E-state index in [4.69, 9.17) is 0 Å². The van der Waals surface area contributed by atoms with Crippen LogP contribution in [0.25, 0.3) is 10.8 Å². The highest BCUT2D eigenvalue weighted by Gasteiger charge is 2.47. The zero-order valence-corrected chi connectivity index (χ0v) is 13.7. The molecule has 0 radical (unpaired) electrons. The molecule has 2 fully saturated rings. The number of hydrogen-bond acceptors (Lipinski definition) is 2. The van der Waals surface area contributed by atoms with E-state index in [0.29, 0.717) is 17.9 Å². The molecule has 0 aromatic heterocycles. The van der Waals surface area contributed by atoms with Crippen LogP contribution in [0.1, 0.15) is 30.7 Å². The van der Waals surface area contributed by atoms with Gasteiger partial charge in [0, 0.05) is 25.0 Å². The Kier molecular flexibility index (Phi) is 3.82. The molecule has 2 aliphatic rings. The molecule has 3 unspecified atom stereocenters. The van der Waals surface area contributed by atoms with Gasteiger partial charge in [0.15, 0.2) is 0 Å². The second kappa shape index (κ2) is 5.97. The van der Waals surface area contributed by atoms with Gasteiger partial charge in [-0.15, -0.1) is 0 Å². The maximum absolute atomic E-state index is 12.9. The van der Waals surface area contributed by atoms with E-state index < -0.39 is 0 Å². The van der Waals surface area contributed by atoms with Gasteiger partial charge >= 0.3 is 0 Å². The largest absolute Gasteiger partial charge is 0.338 e. The molecule has 1 N–H and O–H groups in total. The lowest BCUT2D eigenvalue weighted by Crippen LogP contribution is -2.41. The minimum absolute atomic E-state index is 0.193. The predicted octanol–water partition coefficient (Wildman–Crippen LogP) is 3.15. The van der Waals surface area contributed by atoms with Crippen LogP contribution in [0.3, 0.4) is 0 Å². The molecule has 1 heterocycles. The molecule has 1 saturated carbocycles. The van der Waals surface area contributed by atoms with Crippen molar-refractivity contribution < 1.29 is 4.79 Å². The van der Waals surface area contributed by atoms with Crippen molar-refractivity contribution in [1.82, 2.24) is 10.2 Å². The molecule has 23 heavy (non-hydrogen) atoms. The van der Waals surface area contributed by atoms with Crippen molar-refractivity contribution in [2.45, 2.75) is 31.2 Å². The number of likely N-dealkylation sites (tertiary alicyclic amines) is 1. The van der Waals surface area contributed by atoms with Gasteiger partial charge in [0.25, 0.3) is 0 Å². The summed E-state index contributed by atoms with van der Waals surface area (Å²) in [6.07, 6.45) is 3.29. The highest BCUT2D eigenvalue weighted by molar-refractivity contribution is 5.89. The van der Waals surface area contributed by atoms with E-state index in [-0.39, 0.29) is 5.92 Å². The number of benzene rings is 2. The van der Waals surface area contributed by atoms with Crippen molar-refractivity contribution in [3.8, 4) is 0 Å². The SMILES string of the molecule is CNCC1CCCN1C(=O)C1CC1c1cccc2ccccc12. The van der Waals surface area contributed by atoms with Gasteiger partial charge in [-0.1, -0.05) is 42.5 Å². The summed E-state index contributed by atoms with van der Waals surface area (Å²) in [6.45, 7) is 1.85. The van der Waals surface area contributed by atoms with Crippen molar-refractivity contribution in [1.29, 1.82) is 0 Å². The molecule has 1 amide bonds. The first kappa shape index (κ1) is 14.7. The third-order valence-corrected chi connectivity index (χ3v) is 5.43. The second-order valence-corrected chi connectivity index (χ2v) is 6.90. The highest BCUT2D eigenvalue weighted by atomic mass is 16.2. The minimum Gasteiger partial charge on any atom is -0.338 e. The number of amides is 1. The van der Waals surface area contributed by atoms with E-state index in [1.54, 1.807) is 0 Å². The van der Waals surface area contributed by atoms with Gasteiger partial charge in [-0.05, 0) is 48.6 Å². The molecule has 3 nitrogen and oxygen atoms in total. The van der Waals surface area contributed by atoms with Crippen LogP contribution < -0.4 is 5.32 Å². The Morgan fingerprint density at radius 2 is 2.04 bits per heavy atom. The van der Waals surface area contributed by atoms with Crippen molar-refractivity contribution in [3.05, 3.63) is 48.0 Å². The lowest BCUT2D eigenvalue weighted by Gasteiger charge is -2.24. The Hall–Kier alpha value is -1.87. The van der Waals surface area contributed by atoms with Gasteiger partial charge in [-0.2, -0.15) is 0 Å². The molecule has 1 aliphatic heterocycles. The van der Waals surface area contributed by atoms with Crippen molar-refractivity contribution in [2.75, 3.05) is 20.1 Å². The van der Waals surface area contributed by atoms with Gasteiger partial charge in [0.1, 0.15) is 0 Å². The summed E-state index contributed by atoms with van der Waals surface area (Å²) in [5.41, 5.74) is 1.35. The molecule has 2 aromatic carbocycles. The fourth-order valence-corrected chi connectivity index (χ4v) is 4.17. The van der Waals surface area contributed by atoms with Crippen molar-refractivity contribution in [3.63, 3.8) is 0 Å². The average molecular weight is 308 g/mol. The van der Waals surface area contributed by atoms with Crippen molar-refractivity contribution in [2.24, 2.45) is 5.92 Å². The molecular weight excluding hydrogens is 284 g/mol. The molecule has 0 spiro atoms. The number of nitrogens with zero attached hydrogens (tertiary/aromatic N) is 1. The third kappa shape index (κ3) is 2.63. The Labute approximate surface area is 137 Å². The summed E-state index contributed by atoms with van der Waals surface area (Å²) in [6, 6.07) is 15.4. The highest BCUT2D eigenvalue weighted by Crippen LogP contribution is 2.50. The smallest absolute Gasteiger partial charge is 0.226 e. The molecule has 1 aliphatic carbocycles. The van der Waals surface area contributed by atoms with Crippen LogP contribution in [0.4, 0.5) is 0 Å². The molecule has 4 rings (SSSR count). The van der Waals surface area contributed by atoms with Crippen LogP contribution in [-0.2, 0) is 4.79 Å². The fraction of sp³-hybridized carbons (Fsp3) is 0.450. The minimum atomic E-state index is 0.193. The Morgan fingerprint density at radius 3 is 2.91 bits per heavy atom. The van der Waals surface area contributed by atoms with Crippen LogP contribution in [0.5, 0.6) is 0 Å². The lowest BCUT2D eigenvalue weighted by molar-refractivity contribution is -0.133. The normalized spacial score (nSPS) is 26.7. The first-order chi connectivity index (χ1) is 11.3.